The van der Waals surface area contributed by atoms with Gasteiger partial charge in [-0.3, -0.25) is 9.78 Å². The number of aromatic nitrogens is 1. The highest BCUT2D eigenvalue weighted by atomic mass is 16.3. The Kier molecular flexibility index (Phi) is 5.25. The van der Waals surface area contributed by atoms with Gasteiger partial charge < -0.3 is 15.5 Å². The molecule has 18 heavy (non-hydrogen) atoms. The van der Waals surface area contributed by atoms with E-state index in [-0.39, 0.29) is 5.91 Å². The fraction of sp³-hybridized carbons (Fsp3) is 0.538. The van der Waals surface area contributed by atoms with Crippen molar-refractivity contribution in [3.8, 4) is 0 Å². The number of hydrogen-bond donors (Lipinski definition) is 3. The maximum atomic E-state index is 10.7. The second-order valence-corrected chi connectivity index (χ2v) is 4.41. The summed E-state index contributed by atoms with van der Waals surface area (Å²) >= 11 is 0. The lowest BCUT2D eigenvalue weighted by Gasteiger charge is -2.19. The number of hydrogen-bond acceptors (Lipinski definition) is 4. The van der Waals surface area contributed by atoms with Gasteiger partial charge in [0.25, 0.3) is 0 Å². The summed E-state index contributed by atoms with van der Waals surface area (Å²) in [5.74, 6) is -0.148. The van der Waals surface area contributed by atoms with E-state index in [4.69, 9.17) is 0 Å². The maximum Gasteiger partial charge on any atom is 0.216 e. The van der Waals surface area contributed by atoms with Crippen LogP contribution in [-0.4, -0.2) is 33.8 Å². The van der Waals surface area contributed by atoms with Crippen LogP contribution in [0.3, 0.4) is 0 Å². The largest absolute Gasteiger partial charge is 0.390 e. The van der Waals surface area contributed by atoms with Crippen LogP contribution in [0.5, 0.6) is 0 Å². The molecular formula is C13H20N2O3. The number of aliphatic hydroxyl groups is 2. The number of nitrogens with zero attached hydrogens (tertiary/aromatic N) is 1. The lowest BCUT2D eigenvalue weighted by molar-refractivity contribution is -0.119. The molecule has 5 nitrogen and oxygen atoms in total. The number of pyridine rings is 1. The standard InChI is InChI=1S/C13H20N2O3/c1-8-4-5-11(9(2)15-8)13(18)12(17)6-7-14-10(3)16/h4-5,12-13,17-18H,6-7H2,1-3H3,(H,14,16). The molecule has 0 aliphatic carbocycles. The van der Waals surface area contributed by atoms with Crippen LogP contribution < -0.4 is 5.32 Å². The molecular weight excluding hydrogens is 232 g/mol. The highest BCUT2D eigenvalue weighted by Crippen LogP contribution is 2.21. The molecule has 0 saturated carbocycles. The lowest BCUT2D eigenvalue weighted by Crippen LogP contribution is -2.28. The van der Waals surface area contributed by atoms with E-state index in [1.165, 1.54) is 6.92 Å². The van der Waals surface area contributed by atoms with Gasteiger partial charge in [0.05, 0.1) is 6.10 Å². The van der Waals surface area contributed by atoms with Crippen LogP contribution in [0.4, 0.5) is 0 Å². The normalized spacial score (nSPS) is 14.1. The van der Waals surface area contributed by atoms with Crippen LogP contribution in [-0.2, 0) is 4.79 Å². The van der Waals surface area contributed by atoms with Gasteiger partial charge in [-0.2, -0.15) is 0 Å². The molecule has 0 aliphatic rings. The van der Waals surface area contributed by atoms with Gasteiger partial charge >= 0.3 is 0 Å². The summed E-state index contributed by atoms with van der Waals surface area (Å²) in [4.78, 5) is 14.9. The molecule has 5 heteroatoms. The first kappa shape index (κ1) is 14.6. The van der Waals surface area contributed by atoms with Crippen LogP contribution >= 0.6 is 0 Å². The van der Waals surface area contributed by atoms with E-state index >= 15 is 0 Å². The minimum absolute atomic E-state index is 0.148. The van der Waals surface area contributed by atoms with E-state index in [2.05, 4.69) is 10.3 Å². The number of carbonyl (C=O) groups excluding carboxylic acids is 1. The molecule has 1 aromatic heterocycles. The average molecular weight is 252 g/mol. The molecule has 0 saturated heterocycles. The van der Waals surface area contributed by atoms with Gasteiger partial charge in [0.2, 0.25) is 5.91 Å². The first-order valence-corrected chi connectivity index (χ1v) is 5.96. The predicted molar refractivity (Wildman–Crippen MR) is 68.0 cm³/mol. The van der Waals surface area contributed by atoms with Crippen molar-refractivity contribution in [1.82, 2.24) is 10.3 Å². The summed E-state index contributed by atoms with van der Waals surface area (Å²) < 4.78 is 0. The summed E-state index contributed by atoms with van der Waals surface area (Å²) in [6, 6.07) is 3.57. The van der Waals surface area contributed by atoms with Crippen LogP contribution in [0.2, 0.25) is 0 Å². The van der Waals surface area contributed by atoms with E-state index < -0.39 is 12.2 Å². The minimum Gasteiger partial charge on any atom is -0.390 e. The third-order valence-corrected chi connectivity index (χ3v) is 2.76. The van der Waals surface area contributed by atoms with Gasteiger partial charge in [-0.25, -0.2) is 0 Å². The first-order chi connectivity index (χ1) is 8.41. The van der Waals surface area contributed by atoms with Crippen molar-refractivity contribution in [2.24, 2.45) is 0 Å². The SMILES string of the molecule is CC(=O)NCCC(O)C(O)c1ccc(C)nc1C. The molecule has 0 spiro atoms. The molecule has 2 atom stereocenters. The van der Waals surface area contributed by atoms with Crippen molar-refractivity contribution in [3.63, 3.8) is 0 Å². The summed E-state index contributed by atoms with van der Waals surface area (Å²) in [5, 5.41) is 22.5. The zero-order valence-corrected chi connectivity index (χ0v) is 11.0. The quantitative estimate of drug-likeness (QED) is 0.717. The predicted octanol–water partition coefficient (Wildman–Crippen LogP) is 0.619. The fourth-order valence-electron chi connectivity index (χ4n) is 1.77. The molecule has 3 N–H and O–H groups in total. The Hall–Kier alpha value is -1.46. The highest BCUT2D eigenvalue weighted by molar-refractivity contribution is 5.72. The van der Waals surface area contributed by atoms with Gasteiger partial charge in [-0.15, -0.1) is 0 Å². The third-order valence-electron chi connectivity index (χ3n) is 2.76. The van der Waals surface area contributed by atoms with E-state index in [1.807, 2.05) is 6.92 Å². The van der Waals surface area contributed by atoms with E-state index in [0.717, 1.165) is 5.69 Å². The number of rotatable bonds is 5. The second kappa shape index (κ2) is 6.47. The molecule has 0 bridgehead atoms. The molecule has 0 aliphatic heterocycles. The third kappa shape index (κ3) is 4.09. The Bertz CT molecular complexity index is 421. The summed E-state index contributed by atoms with van der Waals surface area (Å²) in [6.45, 7) is 5.42. The number of nitrogens with one attached hydrogen (secondary N) is 1. The van der Waals surface area contributed by atoms with E-state index in [9.17, 15) is 15.0 Å². The van der Waals surface area contributed by atoms with Crippen molar-refractivity contribution in [2.75, 3.05) is 6.54 Å². The number of aryl methyl sites for hydroxylation is 2. The monoisotopic (exact) mass is 252 g/mol. The Balaban J connectivity index is 2.62. The van der Waals surface area contributed by atoms with Crippen molar-refractivity contribution in [2.45, 2.75) is 39.4 Å². The van der Waals surface area contributed by atoms with E-state index in [1.54, 1.807) is 19.1 Å². The first-order valence-electron chi connectivity index (χ1n) is 5.96. The lowest BCUT2D eigenvalue weighted by atomic mass is 10.0. The highest BCUT2D eigenvalue weighted by Gasteiger charge is 2.20. The van der Waals surface area contributed by atoms with Gasteiger partial charge in [0, 0.05) is 30.4 Å². The van der Waals surface area contributed by atoms with Gasteiger partial charge in [0.15, 0.2) is 0 Å². The molecule has 0 radical (unpaired) electrons. The Morgan fingerprint density at radius 1 is 1.39 bits per heavy atom. The van der Waals surface area contributed by atoms with Crippen molar-refractivity contribution in [1.29, 1.82) is 0 Å². The van der Waals surface area contributed by atoms with Crippen LogP contribution in [0.1, 0.15) is 36.4 Å². The second-order valence-electron chi connectivity index (χ2n) is 4.41. The number of aliphatic hydroxyl groups excluding tert-OH is 2. The van der Waals surface area contributed by atoms with Gasteiger partial charge in [0.1, 0.15) is 6.10 Å². The average Bonchev–Trinajstić information content (AvgIpc) is 2.27. The molecule has 1 heterocycles. The topological polar surface area (TPSA) is 82.5 Å². The Labute approximate surface area is 107 Å². The maximum absolute atomic E-state index is 10.7. The zero-order valence-electron chi connectivity index (χ0n) is 11.0. The minimum atomic E-state index is -0.980. The fourth-order valence-corrected chi connectivity index (χ4v) is 1.77. The van der Waals surface area contributed by atoms with Crippen LogP contribution in [0.15, 0.2) is 12.1 Å². The van der Waals surface area contributed by atoms with Crippen molar-refractivity contribution < 1.29 is 15.0 Å². The summed E-state index contributed by atoms with van der Waals surface area (Å²) in [7, 11) is 0. The Morgan fingerprint density at radius 3 is 2.61 bits per heavy atom. The molecule has 1 rings (SSSR count). The number of amides is 1. The molecule has 1 aromatic rings. The zero-order chi connectivity index (χ0) is 13.7. The van der Waals surface area contributed by atoms with Gasteiger partial charge in [-0.1, -0.05) is 6.07 Å². The summed E-state index contributed by atoms with van der Waals surface area (Å²) in [6.07, 6.45) is -1.60. The van der Waals surface area contributed by atoms with Crippen molar-refractivity contribution in [3.05, 3.63) is 29.1 Å². The smallest absolute Gasteiger partial charge is 0.216 e. The molecule has 2 unspecified atom stereocenters. The van der Waals surface area contributed by atoms with Crippen LogP contribution in [0.25, 0.3) is 0 Å². The molecule has 100 valence electrons. The molecule has 0 aromatic carbocycles. The van der Waals surface area contributed by atoms with Gasteiger partial charge in [-0.05, 0) is 26.3 Å². The van der Waals surface area contributed by atoms with Crippen LogP contribution in [0, 0.1) is 13.8 Å². The van der Waals surface area contributed by atoms with E-state index in [0.29, 0.717) is 24.2 Å². The Morgan fingerprint density at radius 2 is 2.06 bits per heavy atom. The summed E-state index contributed by atoms with van der Waals surface area (Å²) in [5.41, 5.74) is 2.20. The molecule has 1 amide bonds. The van der Waals surface area contributed by atoms with Crippen molar-refractivity contribution >= 4 is 5.91 Å². The number of carbonyl (C=O) groups is 1. The molecule has 0 fully saturated rings.